The number of methoxy groups -OCH3 is 1. The smallest absolute Gasteiger partial charge is 0.270 e. The molecule has 0 fully saturated rings. The normalized spacial score (nSPS) is 11.6. The third kappa shape index (κ3) is 2.83. The first-order valence-electron chi connectivity index (χ1n) is 7.17. The van der Waals surface area contributed by atoms with Gasteiger partial charge in [-0.3, -0.25) is 10.1 Å². The third-order valence-corrected chi connectivity index (χ3v) is 5.52. The number of benzene rings is 2. The molecular weight excluding hydrogens is 348 g/mol. The number of nitrogens with zero attached hydrogens (tertiary/aromatic N) is 2. The van der Waals surface area contributed by atoms with Gasteiger partial charge < -0.3 is 9.84 Å². The van der Waals surface area contributed by atoms with Crippen LogP contribution in [0.3, 0.4) is 0 Å². The van der Waals surface area contributed by atoms with Gasteiger partial charge in [0.25, 0.3) is 15.7 Å². The Kier molecular flexibility index (Phi) is 4.19. The van der Waals surface area contributed by atoms with Crippen molar-refractivity contribution in [3.8, 4) is 5.75 Å². The topological polar surface area (TPSA) is 112 Å². The second kappa shape index (κ2) is 6.19. The summed E-state index contributed by atoms with van der Waals surface area (Å²) in [6.07, 6.45) is 1.27. The Bertz CT molecular complexity index is 1050. The van der Waals surface area contributed by atoms with E-state index in [1.54, 1.807) is 0 Å². The molecule has 0 aliphatic heterocycles. The molecule has 130 valence electrons. The number of aromatic nitrogens is 1. The predicted octanol–water partition coefficient (Wildman–Crippen LogP) is 2.29. The van der Waals surface area contributed by atoms with Crippen LogP contribution >= 0.6 is 0 Å². The first kappa shape index (κ1) is 16.9. The predicted molar refractivity (Wildman–Crippen MR) is 90.1 cm³/mol. The molecule has 0 unspecified atom stereocenters. The van der Waals surface area contributed by atoms with Crippen LogP contribution in [0.2, 0.25) is 0 Å². The molecule has 0 amide bonds. The molecule has 2 aromatic carbocycles. The summed E-state index contributed by atoms with van der Waals surface area (Å²) >= 11 is 0. The molecule has 0 aliphatic carbocycles. The summed E-state index contributed by atoms with van der Waals surface area (Å²) in [6, 6.07) is 9.69. The zero-order valence-corrected chi connectivity index (χ0v) is 13.9. The maximum Gasteiger partial charge on any atom is 0.270 e. The van der Waals surface area contributed by atoms with Crippen LogP contribution in [0.15, 0.2) is 53.6 Å². The molecule has 3 rings (SSSR count). The van der Waals surface area contributed by atoms with Crippen LogP contribution in [-0.4, -0.2) is 29.5 Å². The number of hydrogen-bond acceptors (Lipinski definition) is 6. The highest BCUT2D eigenvalue weighted by Gasteiger charge is 2.22. The molecule has 3 aromatic rings. The lowest BCUT2D eigenvalue weighted by molar-refractivity contribution is -0.384. The highest BCUT2D eigenvalue weighted by Crippen LogP contribution is 2.29. The lowest BCUT2D eigenvalue weighted by Crippen LogP contribution is -2.11. The summed E-state index contributed by atoms with van der Waals surface area (Å²) in [5.74, 6) is 0.517. The molecule has 0 saturated carbocycles. The molecular formula is C16H14N2O6S. The highest BCUT2D eigenvalue weighted by atomic mass is 32.2. The number of fused-ring (bicyclic) bond motifs is 1. The van der Waals surface area contributed by atoms with Gasteiger partial charge >= 0.3 is 0 Å². The van der Waals surface area contributed by atoms with Crippen LogP contribution in [0.25, 0.3) is 10.9 Å². The molecule has 0 aliphatic rings. The van der Waals surface area contributed by atoms with Crippen molar-refractivity contribution < 1.29 is 23.2 Å². The molecule has 0 spiro atoms. The average Bonchev–Trinajstić information content (AvgIpc) is 3.00. The van der Waals surface area contributed by atoms with E-state index < -0.39 is 21.6 Å². The van der Waals surface area contributed by atoms with Crippen molar-refractivity contribution in [3.05, 3.63) is 64.3 Å². The van der Waals surface area contributed by atoms with Gasteiger partial charge in [-0.2, -0.15) is 0 Å². The van der Waals surface area contributed by atoms with Crippen LogP contribution in [0.5, 0.6) is 5.75 Å². The summed E-state index contributed by atoms with van der Waals surface area (Å²) in [4.78, 5) is 10.4. The van der Waals surface area contributed by atoms with E-state index >= 15 is 0 Å². The van der Waals surface area contributed by atoms with Crippen molar-refractivity contribution in [2.75, 3.05) is 7.11 Å². The fraction of sp³-hybridized carbons (Fsp3) is 0.125. The molecule has 1 N–H and O–H groups in total. The highest BCUT2D eigenvalue weighted by molar-refractivity contribution is 7.90. The number of ether oxygens (including phenoxy) is 1. The van der Waals surface area contributed by atoms with Crippen molar-refractivity contribution in [3.63, 3.8) is 0 Å². The van der Waals surface area contributed by atoms with E-state index in [9.17, 15) is 23.6 Å². The molecule has 0 saturated heterocycles. The minimum absolute atomic E-state index is 0.0352. The van der Waals surface area contributed by atoms with E-state index in [0.717, 1.165) is 3.97 Å². The van der Waals surface area contributed by atoms with Crippen LogP contribution in [0.1, 0.15) is 5.56 Å². The van der Waals surface area contributed by atoms with Gasteiger partial charge in [0.15, 0.2) is 0 Å². The van der Waals surface area contributed by atoms with E-state index in [1.165, 1.54) is 55.8 Å². The first-order valence-corrected chi connectivity index (χ1v) is 8.61. The van der Waals surface area contributed by atoms with E-state index in [2.05, 4.69) is 0 Å². The van der Waals surface area contributed by atoms with Gasteiger partial charge in [-0.15, -0.1) is 0 Å². The Balaban J connectivity index is 2.21. The van der Waals surface area contributed by atoms with Crippen LogP contribution in [0.4, 0.5) is 5.69 Å². The minimum Gasteiger partial charge on any atom is -0.497 e. The molecule has 1 aromatic heterocycles. The van der Waals surface area contributed by atoms with Crippen molar-refractivity contribution >= 4 is 26.6 Å². The van der Waals surface area contributed by atoms with Crippen LogP contribution in [0, 0.1) is 10.1 Å². The number of nitro benzene ring substituents is 1. The monoisotopic (exact) mass is 362 g/mol. The second-order valence-electron chi connectivity index (χ2n) is 5.25. The van der Waals surface area contributed by atoms with Gasteiger partial charge in [-0.1, -0.05) is 0 Å². The van der Waals surface area contributed by atoms with Crippen molar-refractivity contribution in [1.82, 2.24) is 3.97 Å². The number of aliphatic hydroxyl groups is 1. The Morgan fingerprint density at radius 3 is 2.44 bits per heavy atom. The number of rotatable bonds is 5. The molecule has 0 radical (unpaired) electrons. The van der Waals surface area contributed by atoms with Crippen LogP contribution < -0.4 is 4.74 Å². The Morgan fingerprint density at radius 2 is 1.88 bits per heavy atom. The van der Waals surface area contributed by atoms with E-state index in [1.807, 2.05) is 0 Å². The lowest BCUT2D eigenvalue weighted by Gasteiger charge is -2.08. The van der Waals surface area contributed by atoms with Gasteiger partial charge in [-0.25, -0.2) is 12.4 Å². The summed E-state index contributed by atoms with van der Waals surface area (Å²) in [6.45, 7) is -0.442. The molecule has 25 heavy (non-hydrogen) atoms. The maximum absolute atomic E-state index is 12.9. The van der Waals surface area contributed by atoms with Crippen molar-refractivity contribution in [2.24, 2.45) is 0 Å². The SMILES string of the molecule is COc1ccc(S(=O)(=O)n2cc(CO)c3cc([N+](=O)[O-])ccc32)cc1. The van der Waals surface area contributed by atoms with Crippen LogP contribution in [-0.2, 0) is 16.6 Å². The summed E-state index contributed by atoms with van der Waals surface area (Å²) < 4.78 is 31.8. The van der Waals surface area contributed by atoms with Gasteiger partial charge in [0, 0.05) is 29.3 Å². The summed E-state index contributed by atoms with van der Waals surface area (Å²) in [7, 11) is -2.46. The number of aliphatic hydroxyl groups excluding tert-OH is 1. The van der Waals surface area contributed by atoms with Crippen molar-refractivity contribution in [1.29, 1.82) is 0 Å². The number of nitro groups is 1. The second-order valence-corrected chi connectivity index (χ2v) is 7.06. The van der Waals surface area contributed by atoms with Gasteiger partial charge in [0.05, 0.1) is 29.1 Å². The van der Waals surface area contributed by atoms with Gasteiger partial charge in [0.2, 0.25) is 0 Å². The Hall–Kier alpha value is -2.91. The standard InChI is InChI=1S/C16H14N2O6S/c1-24-13-3-5-14(6-4-13)25(22,23)17-9-11(10-19)15-8-12(18(20)21)2-7-16(15)17/h2-9,19H,10H2,1H3. The average molecular weight is 362 g/mol. The maximum atomic E-state index is 12.9. The number of non-ortho nitro benzene ring substituents is 1. The number of hydrogen-bond donors (Lipinski definition) is 1. The molecule has 9 heteroatoms. The van der Waals surface area contributed by atoms with Gasteiger partial charge in [-0.05, 0) is 30.3 Å². The van der Waals surface area contributed by atoms with Crippen molar-refractivity contribution in [2.45, 2.75) is 11.5 Å². The molecule has 1 heterocycles. The molecule has 0 bridgehead atoms. The first-order chi connectivity index (χ1) is 11.9. The quantitative estimate of drug-likeness (QED) is 0.550. The molecule has 8 nitrogen and oxygen atoms in total. The Morgan fingerprint density at radius 1 is 1.20 bits per heavy atom. The fourth-order valence-electron chi connectivity index (χ4n) is 2.55. The summed E-state index contributed by atoms with van der Waals surface area (Å²) in [5.41, 5.74) is 0.364. The zero-order chi connectivity index (χ0) is 18.2. The third-order valence-electron chi connectivity index (χ3n) is 3.83. The lowest BCUT2D eigenvalue weighted by atomic mass is 10.1. The summed E-state index contributed by atoms with van der Waals surface area (Å²) in [5, 5.41) is 20.7. The molecule has 0 atom stereocenters. The van der Waals surface area contributed by atoms with E-state index in [0.29, 0.717) is 11.1 Å². The van der Waals surface area contributed by atoms with E-state index in [-0.39, 0.29) is 21.7 Å². The minimum atomic E-state index is -3.93. The van der Waals surface area contributed by atoms with Gasteiger partial charge in [0.1, 0.15) is 5.75 Å². The van der Waals surface area contributed by atoms with E-state index in [4.69, 9.17) is 4.74 Å². The largest absolute Gasteiger partial charge is 0.497 e. The zero-order valence-electron chi connectivity index (χ0n) is 13.1. The fourth-order valence-corrected chi connectivity index (χ4v) is 3.95. The Labute approximate surface area is 143 Å².